The Morgan fingerprint density at radius 2 is 1.19 bits per heavy atom. The monoisotopic (exact) mass is 354 g/mol. The van der Waals surface area contributed by atoms with Crippen molar-refractivity contribution in [2.24, 2.45) is 0 Å². The molecule has 0 amide bonds. The van der Waals surface area contributed by atoms with Crippen molar-refractivity contribution in [3.8, 4) is 11.5 Å². The summed E-state index contributed by atoms with van der Waals surface area (Å²) in [6, 6.07) is 10.7. The molecule has 0 radical (unpaired) electrons. The van der Waals surface area contributed by atoms with Gasteiger partial charge in [-0.1, -0.05) is 0 Å². The molecule has 4 rings (SSSR count). The average molecular weight is 354 g/mol. The van der Waals surface area contributed by atoms with Crippen molar-refractivity contribution in [1.82, 2.24) is 19.9 Å². The molecular formula is C18H18N4O4. The molecule has 4 aromatic rings. The smallest absolute Gasteiger partial charge is 0.145 e. The van der Waals surface area contributed by atoms with E-state index in [1.54, 1.807) is 50.6 Å². The number of methoxy groups -OCH3 is 2. The minimum atomic E-state index is -1.27. The van der Waals surface area contributed by atoms with Crippen LogP contribution in [0.3, 0.4) is 0 Å². The van der Waals surface area contributed by atoms with E-state index in [0.29, 0.717) is 33.6 Å². The molecular weight excluding hydrogens is 336 g/mol. The number of aliphatic hydroxyl groups excluding tert-OH is 2. The minimum Gasteiger partial charge on any atom is -0.497 e. The van der Waals surface area contributed by atoms with Gasteiger partial charge in [0.05, 0.1) is 36.3 Å². The summed E-state index contributed by atoms with van der Waals surface area (Å²) >= 11 is 0. The zero-order chi connectivity index (χ0) is 18.3. The third kappa shape index (κ3) is 2.75. The summed E-state index contributed by atoms with van der Waals surface area (Å²) in [6.07, 6.45) is -2.54. The molecule has 8 nitrogen and oxygen atoms in total. The summed E-state index contributed by atoms with van der Waals surface area (Å²) in [7, 11) is 3.15. The van der Waals surface area contributed by atoms with Crippen LogP contribution in [-0.4, -0.2) is 44.4 Å². The molecule has 2 aromatic heterocycles. The van der Waals surface area contributed by atoms with Crippen LogP contribution in [0.1, 0.15) is 23.9 Å². The van der Waals surface area contributed by atoms with Gasteiger partial charge in [0.2, 0.25) is 0 Å². The van der Waals surface area contributed by atoms with Crippen LogP contribution in [0.15, 0.2) is 36.4 Å². The van der Waals surface area contributed by atoms with Gasteiger partial charge in [0.25, 0.3) is 0 Å². The molecule has 4 N–H and O–H groups in total. The first-order valence-electron chi connectivity index (χ1n) is 8.02. The zero-order valence-corrected chi connectivity index (χ0v) is 14.2. The maximum Gasteiger partial charge on any atom is 0.145 e. The lowest BCUT2D eigenvalue weighted by Crippen LogP contribution is -2.13. The van der Waals surface area contributed by atoms with Crippen molar-refractivity contribution in [1.29, 1.82) is 0 Å². The van der Waals surface area contributed by atoms with Gasteiger partial charge in [-0.2, -0.15) is 0 Å². The number of H-pyrrole nitrogens is 2. The summed E-state index contributed by atoms with van der Waals surface area (Å²) in [4.78, 5) is 14.7. The third-order valence-electron chi connectivity index (χ3n) is 4.27. The lowest BCUT2D eigenvalue weighted by molar-refractivity contribution is 0.00780. The predicted octanol–water partition coefficient (Wildman–Crippen LogP) is 2.22. The summed E-state index contributed by atoms with van der Waals surface area (Å²) in [5, 5.41) is 21.1. The molecule has 0 aliphatic carbocycles. The lowest BCUT2D eigenvalue weighted by atomic mass is 10.2. The first-order valence-corrected chi connectivity index (χ1v) is 8.02. The van der Waals surface area contributed by atoms with Gasteiger partial charge in [0.1, 0.15) is 35.4 Å². The number of hydrogen-bond donors (Lipinski definition) is 4. The molecule has 2 atom stereocenters. The fraction of sp³-hybridized carbons (Fsp3) is 0.222. The number of nitrogens with zero attached hydrogens (tertiary/aromatic N) is 2. The number of rotatable bonds is 5. The van der Waals surface area contributed by atoms with E-state index in [1.807, 2.05) is 0 Å². The Kier molecular flexibility index (Phi) is 3.98. The van der Waals surface area contributed by atoms with Crippen molar-refractivity contribution in [2.75, 3.05) is 14.2 Å². The van der Waals surface area contributed by atoms with Gasteiger partial charge in [-0.05, 0) is 24.3 Å². The van der Waals surface area contributed by atoms with Crippen LogP contribution >= 0.6 is 0 Å². The molecule has 0 saturated carbocycles. The largest absolute Gasteiger partial charge is 0.497 e. The van der Waals surface area contributed by atoms with E-state index in [-0.39, 0.29) is 11.6 Å². The highest BCUT2D eigenvalue weighted by molar-refractivity contribution is 5.77. The Morgan fingerprint density at radius 3 is 1.58 bits per heavy atom. The number of aliphatic hydroxyl groups is 2. The molecule has 0 spiro atoms. The summed E-state index contributed by atoms with van der Waals surface area (Å²) in [5.74, 6) is 1.85. The Bertz CT molecular complexity index is 986. The Morgan fingerprint density at radius 1 is 0.769 bits per heavy atom. The quantitative estimate of drug-likeness (QED) is 0.437. The van der Waals surface area contributed by atoms with Gasteiger partial charge in [0.15, 0.2) is 0 Å². The van der Waals surface area contributed by atoms with Crippen LogP contribution in [0.25, 0.3) is 22.1 Å². The number of hydrogen-bond acceptors (Lipinski definition) is 6. The van der Waals surface area contributed by atoms with Crippen LogP contribution in [0.4, 0.5) is 0 Å². The molecule has 134 valence electrons. The molecule has 0 aliphatic heterocycles. The number of aromatic nitrogens is 4. The summed E-state index contributed by atoms with van der Waals surface area (Å²) < 4.78 is 10.4. The molecule has 26 heavy (non-hydrogen) atoms. The van der Waals surface area contributed by atoms with Crippen molar-refractivity contribution >= 4 is 22.1 Å². The second kappa shape index (κ2) is 6.32. The lowest BCUT2D eigenvalue weighted by Gasteiger charge is -2.13. The molecule has 0 fully saturated rings. The second-order valence-corrected chi connectivity index (χ2v) is 5.90. The van der Waals surface area contributed by atoms with Crippen molar-refractivity contribution in [3.05, 3.63) is 48.0 Å². The van der Waals surface area contributed by atoms with E-state index >= 15 is 0 Å². The topological polar surface area (TPSA) is 116 Å². The van der Waals surface area contributed by atoms with E-state index in [2.05, 4.69) is 19.9 Å². The van der Waals surface area contributed by atoms with Gasteiger partial charge in [-0.3, -0.25) is 0 Å². The number of aromatic amines is 2. The van der Waals surface area contributed by atoms with Gasteiger partial charge in [0, 0.05) is 12.1 Å². The zero-order valence-electron chi connectivity index (χ0n) is 14.2. The molecule has 8 heteroatoms. The van der Waals surface area contributed by atoms with Crippen LogP contribution < -0.4 is 9.47 Å². The van der Waals surface area contributed by atoms with E-state index in [9.17, 15) is 10.2 Å². The number of ether oxygens (including phenoxy) is 2. The highest BCUT2D eigenvalue weighted by Crippen LogP contribution is 2.29. The van der Waals surface area contributed by atoms with Crippen molar-refractivity contribution in [2.45, 2.75) is 12.2 Å². The Balaban J connectivity index is 1.65. The van der Waals surface area contributed by atoms with Crippen LogP contribution in [0, 0.1) is 0 Å². The van der Waals surface area contributed by atoms with Gasteiger partial charge in [-0.25, -0.2) is 9.97 Å². The fourth-order valence-electron chi connectivity index (χ4n) is 2.85. The SMILES string of the molecule is COc1ccc2nc([C@@H](O)[C@H](O)c3nc4ccc(OC)cc4[nH]3)[nH]c2c1. The highest BCUT2D eigenvalue weighted by atomic mass is 16.5. The van der Waals surface area contributed by atoms with Crippen molar-refractivity contribution in [3.63, 3.8) is 0 Å². The van der Waals surface area contributed by atoms with E-state index < -0.39 is 12.2 Å². The maximum atomic E-state index is 10.5. The molecule has 0 bridgehead atoms. The standard InChI is InChI=1S/C18H18N4O4/c1-25-9-3-5-11-13(7-9)21-17(19-11)15(23)16(24)18-20-12-6-4-10(26-2)8-14(12)22-18/h3-8,15-16,23-24H,1-2H3,(H,19,21)(H,20,22)/t15-,16-/m0/s1. The molecule has 0 saturated heterocycles. The van der Waals surface area contributed by atoms with Gasteiger partial charge in [-0.15, -0.1) is 0 Å². The predicted molar refractivity (Wildman–Crippen MR) is 95.2 cm³/mol. The minimum absolute atomic E-state index is 0.249. The van der Waals surface area contributed by atoms with Gasteiger partial charge < -0.3 is 29.7 Å². The number of imidazole rings is 2. The fourth-order valence-corrected chi connectivity index (χ4v) is 2.85. The highest BCUT2D eigenvalue weighted by Gasteiger charge is 2.26. The number of benzene rings is 2. The number of nitrogens with one attached hydrogen (secondary N) is 2. The second-order valence-electron chi connectivity index (χ2n) is 5.90. The van der Waals surface area contributed by atoms with E-state index in [4.69, 9.17) is 9.47 Å². The molecule has 2 heterocycles. The summed E-state index contributed by atoms with van der Waals surface area (Å²) in [6.45, 7) is 0. The van der Waals surface area contributed by atoms with Crippen LogP contribution in [-0.2, 0) is 0 Å². The van der Waals surface area contributed by atoms with Crippen LogP contribution in [0.2, 0.25) is 0 Å². The van der Waals surface area contributed by atoms with E-state index in [1.165, 1.54) is 0 Å². The van der Waals surface area contributed by atoms with Gasteiger partial charge >= 0.3 is 0 Å². The van der Waals surface area contributed by atoms with E-state index in [0.717, 1.165) is 0 Å². The molecule has 0 unspecified atom stereocenters. The maximum absolute atomic E-state index is 10.5. The van der Waals surface area contributed by atoms with Crippen LogP contribution in [0.5, 0.6) is 11.5 Å². The first kappa shape index (κ1) is 16.4. The Labute approximate surface area is 148 Å². The summed E-state index contributed by atoms with van der Waals surface area (Å²) in [5.41, 5.74) is 2.75. The first-order chi connectivity index (χ1) is 12.6. The normalized spacial score (nSPS) is 13.8. The number of fused-ring (bicyclic) bond motifs is 2. The average Bonchev–Trinajstić information content (AvgIpc) is 3.29. The molecule has 2 aromatic carbocycles. The third-order valence-corrected chi connectivity index (χ3v) is 4.27. The Hall–Kier alpha value is -3.10. The molecule has 0 aliphatic rings. The van der Waals surface area contributed by atoms with Crippen molar-refractivity contribution < 1.29 is 19.7 Å².